The van der Waals surface area contributed by atoms with E-state index in [1.165, 1.54) is 5.56 Å². The summed E-state index contributed by atoms with van der Waals surface area (Å²) in [6, 6.07) is -0.410. The molecule has 1 saturated heterocycles. The second kappa shape index (κ2) is 5.51. The number of benzene rings is 1. The Kier molecular flexibility index (Phi) is 4.08. The maximum Gasteiger partial charge on any atom is 0.255 e. The highest BCUT2D eigenvalue weighted by atomic mass is 16.2. The fraction of sp³-hybridized carbons (Fsp3) is 0.529. The highest BCUT2D eigenvalue weighted by Crippen LogP contribution is 2.27. The smallest absolute Gasteiger partial charge is 0.255 e. The number of amides is 2. The molecule has 1 fully saturated rings. The predicted octanol–water partition coefficient (Wildman–Crippen LogP) is 2.19. The number of nitrogens with zero attached hydrogens (tertiary/aromatic N) is 1. The molecule has 0 bridgehead atoms. The van der Waals surface area contributed by atoms with Gasteiger partial charge in [-0.05, 0) is 69.4 Å². The van der Waals surface area contributed by atoms with Crippen LogP contribution in [0.5, 0.6) is 0 Å². The van der Waals surface area contributed by atoms with Gasteiger partial charge in [-0.25, -0.2) is 0 Å². The van der Waals surface area contributed by atoms with Crippen molar-refractivity contribution >= 4 is 11.8 Å². The summed E-state index contributed by atoms with van der Waals surface area (Å²) >= 11 is 0. The normalized spacial score (nSPS) is 18.7. The van der Waals surface area contributed by atoms with Crippen LogP contribution in [0, 0.1) is 34.6 Å². The fourth-order valence-corrected chi connectivity index (χ4v) is 3.02. The van der Waals surface area contributed by atoms with Gasteiger partial charge >= 0.3 is 0 Å². The Morgan fingerprint density at radius 1 is 1.00 bits per heavy atom. The summed E-state index contributed by atoms with van der Waals surface area (Å²) in [6.45, 7) is 13.1. The van der Waals surface area contributed by atoms with Crippen molar-refractivity contribution in [3.8, 4) is 0 Å². The quantitative estimate of drug-likeness (QED) is 0.861. The first-order chi connectivity index (χ1) is 9.77. The Bertz CT molecular complexity index is 591. The summed E-state index contributed by atoms with van der Waals surface area (Å²) in [5.41, 5.74) is 6.38. The van der Waals surface area contributed by atoms with E-state index in [9.17, 15) is 9.59 Å². The molecule has 0 aromatic heterocycles. The molecule has 1 heterocycles. The number of hydrogen-bond donors (Lipinski definition) is 1. The van der Waals surface area contributed by atoms with E-state index < -0.39 is 6.04 Å². The summed E-state index contributed by atoms with van der Waals surface area (Å²) in [7, 11) is 0. The molecular formula is C17H24N2O2. The number of carbonyl (C=O) groups excluding carboxylic acids is 2. The van der Waals surface area contributed by atoms with Crippen LogP contribution in [0.4, 0.5) is 0 Å². The lowest BCUT2D eigenvalue weighted by Crippen LogP contribution is -2.56. The molecule has 1 aromatic rings. The van der Waals surface area contributed by atoms with E-state index in [4.69, 9.17) is 0 Å². The topological polar surface area (TPSA) is 49.4 Å². The SMILES string of the molecule is Cc1c(C)c(C)c(C(=O)N2CCNC(=O)C2C)c(C)c1C. The molecule has 0 saturated carbocycles. The van der Waals surface area contributed by atoms with Crippen LogP contribution in [0.3, 0.4) is 0 Å². The largest absolute Gasteiger partial charge is 0.353 e. The van der Waals surface area contributed by atoms with Gasteiger partial charge in [0.05, 0.1) is 0 Å². The average molecular weight is 288 g/mol. The van der Waals surface area contributed by atoms with Crippen molar-refractivity contribution < 1.29 is 9.59 Å². The molecule has 1 unspecified atom stereocenters. The molecular weight excluding hydrogens is 264 g/mol. The number of piperazine rings is 1. The van der Waals surface area contributed by atoms with Gasteiger partial charge in [0.15, 0.2) is 0 Å². The van der Waals surface area contributed by atoms with E-state index in [0.717, 1.165) is 27.8 Å². The second-order valence-electron chi connectivity index (χ2n) is 5.97. The Morgan fingerprint density at radius 2 is 1.48 bits per heavy atom. The zero-order valence-corrected chi connectivity index (χ0v) is 13.8. The first-order valence-corrected chi connectivity index (χ1v) is 7.43. The van der Waals surface area contributed by atoms with E-state index in [2.05, 4.69) is 26.1 Å². The first kappa shape index (κ1) is 15.5. The van der Waals surface area contributed by atoms with Crippen LogP contribution in [0.15, 0.2) is 0 Å². The molecule has 2 rings (SSSR count). The van der Waals surface area contributed by atoms with E-state index in [1.807, 2.05) is 13.8 Å². The molecule has 21 heavy (non-hydrogen) atoms. The van der Waals surface area contributed by atoms with Gasteiger partial charge in [-0.2, -0.15) is 0 Å². The molecule has 2 amide bonds. The number of rotatable bonds is 1. The van der Waals surface area contributed by atoms with Crippen LogP contribution < -0.4 is 5.32 Å². The summed E-state index contributed by atoms with van der Waals surface area (Å²) in [4.78, 5) is 26.4. The van der Waals surface area contributed by atoms with Crippen LogP contribution in [0.1, 0.15) is 45.1 Å². The van der Waals surface area contributed by atoms with Gasteiger partial charge in [0.1, 0.15) is 6.04 Å². The molecule has 0 spiro atoms. The molecule has 0 radical (unpaired) electrons. The minimum atomic E-state index is -0.410. The third-order valence-electron chi connectivity index (χ3n) is 4.97. The molecule has 1 aliphatic heterocycles. The Labute approximate surface area is 126 Å². The van der Waals surface area contributed by atoms with Crippen molar-refractivity contribution in [3.63, 3.8) is 0 Å². The summed E-state index contributed by atoms with van der Waals surface area (Å²) in [6.07, 6.45) is 0. The van der Waals surface area contributed by atoms with Crippen LogP contribution in [0.2, 0.25) is 0 Å². The van der Waals surface area contributed by atoms with Gasteiger partial charge in [-0.3, -0.25) is 9.59 Å². The molecule has 1 aliphatic rings. The molecule has 4 nitrogen and oxygen atoms in total. The van der Waals surface area contributed by atoms with E-state index >= 15 is 0 Å². The highest BCUT2D eigenvalue weighted by molar-refractivity contribution is 6.01. The van der Waals surface area contributed by atoms with Gasteiger partial charge < -0.3 is 10.2 Å². The zero-order valence-electron chi connectivity index (χ0n) is 13.8. The van der Waals surface area contributed by atoms with Gasteiger partial charge in [0, 0.05) is 18.7 Å². The summed E-state index contributed by atoms with van der Waals surface area (Å²) < 4.78 is 0. The Balaban J connectivity index is 2.52. The minimum Gasteiger partial charge on any atom is -0.353 e. The Hall–Kier alpha value is -1.84. The fourth-order valence-electron chi connectivity index (χ4n) is 3.02. The van der Waals surface area contributed by atoms with Crippen LogP contribution in [0.25, 0.3) is 0 Å². The standard InChI is InChI=1S/C17H24N2O2/c1-9-10(2)12(4)15(13(5)11(9)3)17(21)19-8-7-18-16(20)14(19)6/h14H,7-8H2,1-6H3,(H,18,20). The van der Waals surface area contributed by atoms with Gasteiger partial charge in [0.25, 0.3) is 5.91 Å². The molecule has 1 N–H and O–H groups in total. The van der Waals surface area contributed by atoms with Crippen LogP contribution in [-0.4, -0.2) is 35.8 Å². The maximum atomic E-state index is 13.0. The number of nitrogens with one attached hydrogen (secondary N) is 1. The molecule has 1 aromatic carbocycles. The van der Waals surface area contributed by atoms with E-state index in [-0.39, 0.29) is 11.8 Å². The van der Waals surface area contributed by atoms with Gasteiger partial charge in [0.2, 0.25) is 5.91 Å². The lowest BCUT2D eigenvalue weighted by Gasteiger charge is -2.34. The van der Waals surface area contributed by atoms with Crippen LogP contribution in [-0.2, 0) is 4.79 Å². The zero-order chi connectivity index (χ0) is 15.9. The highest BCUT2D eigenvalue weighted by Gasteiger charge is 2.32. The molecule has 0 aliphatic carbocycles. The Morgan fingerprint density at radius 3 is 2.00 bits per heavy atom. The average Bonchev–Trinajstić information content (AvgIpc) is 2.46. The lowest BCUT2D eigenvalue weighted by molar-refractivity contribution is -0.127. The molecule has 1 atom stereocenters. The third-order valence-corrected chi connectivity index (χ3v) is 4.97. The summed E-state index contributed by atoms with van der Waals surface area (Å²) in [5, 5.41) is 2.80. The van der Waals surface area contributed by atoms with Gasteiger partial charge in [-0.15, -0.1) is 0 Å². The second-order valence-corrected chi connectivity index (χ2v) is 5.97. The molecule has 114 valence electrons. The van der Waals surface area contributed by atoms with Crippen molar-refractivity contribution in [2.75, 3.05) is 13.1 Å². The predicted molar refractivity (Wildman–Crippen MR) is 83.6 cm³/mol. The number of carbonyl (C=O) groups is 2. The van der Waals surface area contributed by atoms with Crippen molar-refractivity contribution in [2.45, 2.75) is 47.6 Å². The van der Waals surface area contributed by atoms with Crippen molar-refractivity contribution in [1.82, 2.24) is 10.2 Å². The van der Waals surface area contributed by atoms with Crippen LogP contribution >= 0.6 is 0 Å². The third kappa shape index (κ3) is 2.43. The van der Waals surface area contributed by atoms with Gasteiger partial charge in [-0.1, -0.05) is 0 Å². The van der Waals surface area contributed by atoms with E-state index in [0.29, 0.717) is 13.1 Å². The van der Waals surface area contributed by atoms with Crippen molar-refractivity contribution in [1.29, 1.82) is 0 Å². The number of hydrogen-bond acceptors (Lipinski definition) is 2. The molecule has 4 heteroatoms. The van der Waals surface area contributed by atoms with E-state index in [1.54, 1.807) is 11.8 Å². The van der Waals surface area contributed by atoms with Crippen molar-refractivity contribution in [3.05, 3.63) is 33.4 Å². The summed E-state index contributed by atoms with van der Waals surface area (Å²) in [5.74, 6) is -0.107. The monoisotopic (exact) mass is 288 g/mol. The maximum absolute atomic E-state index is 13.0. The van der Waals surface area contributed by atoms with Crippen molar-refractivity contribution in [2.24, 2.45) is 0 Å². The first-order valence-electron chi connectivity index (χ1n) is 7.43. The minimum absolute atomic E-state index is 0.0291. The lowest BCUT2D eigenvalue weighted by atomic mass is 9.88.